The number of carbonyl (C=O) groups excluding carboxylic acids is 1. The average Bonchev–Trinajstić information content (AvgIpc) is 3.17. The summed E-state index contributed by atoms with van der Waals surface area (Å²) in [6.45, 7) is 0. The summed E-state index contributed by atoms with van der Waals surface area (Å²) in [6, 6.07) is 5.72. The Kier molecular flexibility index (Phi) is 5.83. The molecule has 1 aromatic heterocycles. The minimum atomic E-state index is -4.45. The molecule has 31 heavy (non-hydrogen) atoms. The van der Waals surface area contributed by atoms with Gasteiger partial charge in [0.25, 0.3) is 0 Å². The summed E-state index contributed by atoms with van der Waals surface area (Å²) in [4.78, 5) is 17.2. The summed E-state index contributed by atoms with van der Waals surface area (Å²) >= 11 is 0. The highest BCUT2D eigenvalue weighted by atomic mass is 19.4. The SMILES string of the molecule is NC1CCC(Nc2c(C(=O)Cc3ccc(F)cc3)cnc3c2C=C(C(F)(F)F)C3)CC1. The van der Waals surface area contributed by atoms with Crippen LogP contribution in [0.4, 0.5) is 23.2 Å². The minimum Gasteiger partial charge on any atom is -0.381 e. The van der Waals surface area contributed by atoms with E-state index in [1.54, 1.807) is 0 Å². The fraction of sp³-hybridized carbons (Fsp3) is 0.391. The van der Waals surface area contributed by atoms with Crippen LogP contribution in [0.3, 0.4) is 0 Å². The highest BCUT2D eigenvalue weighted by Crippen LogP contribution is 2.40. The minimum absolute atomic E-state index is 0.000803. The second-order valence-electron chi connectivity index (χ2n) is 8.23. The Balaban J connectivity index is 1.68. The summed E-state index contributed by atoms with van der Waals surface area (Å²) in [5, 5.41) is 3.33. The van der Waals surface area contributed by atoms with Crippen molar-refractivity contribution in [3.05, 3.63) is 64.2 Å². The van der Waals surface area contributed by atoms with E-state index < -0.39 is 17.6 Å². The van der Waals surface area contributed by atoms with E-state index in [1.807, 2.05) is 0 Å². The van der Waals surface area contributed by atoms with Crippen molar-refractivity contribution in [2.45, 2.75) is 56.8 Å². The van der Waals surface area contributed by atoms with Gasteiger partial charge in [-0.3, -0.25) is 9.78 Å². The molecule has 0 atom stereocenters. The molecule has 164 valence electrons. The molecule has 8 heteroatoms. The van der Waals surface area contributed by atoms with Crippen molar-refractivity contribution >= 4 is 17.5 Å². The van der Waals surface area contributed by atoms with E-state index in [0.29, 0.717) is 22.5 Å². The van der Waals surface area contributed by atoms with E-state index >= 15 is 0 Å². The molecule has 2 aromatic rings. The summed E-state index contributed by atoms with van der Waals surface area (Å²) < 4.78 is 53.1. The third-order valence-electron chi connectivity index (χ3n) is 5.94. The lowest BCUT2D eigenvalue weighted by Crippen LogP contribution is -2.33. The van der Waals surface area contributed by atoms with E-state index in [1.165, 1.54) is 30.5 Å². The van der Waals surface area contributed by atoms with Crippen LogP contribution in [0, 0.1) is 5.82 Å². The zero-order chi connectivity index (χ0) is 22.2. The van der Waals surface area contributed by atoms with E-state index in [9.17, 15) is 22.4 Å². The van der Waals surface area contributed by atoms with Gasteiger partial charge in [-0.2, -0.15) is 13.2 Å². The number of aromatic nitrogens is 1. The van der Waals surface area contributed by atoms with Crippen LogP contribution in [0.1, 0.15) is 52.9 Å². The fourth-order valence-electron chi connectivity index (χ4n) is 4.17. The van der Waals surface area contributed by atoms with Gasteiger partial charge in [-0.15, -0.1) is 0 Å². The summed E-state index contributed by atoms with van der Waals surface area (Å²) in [5.74, 6) is -0.691. The molecule has 1 aromatic carbocycles. The van der Waals surface area contributed by atoms with Crippen LogP contribution in [0.15, 0.2) is 36.0 Å². The van der Waals surface area contributed by atoms with Gasteiger partial charge in [0.1, 0.15) is 5.82 Å². The Morgan fingerprint density at radius 3 is 2.45 bits per heavy atom. The van der Waals surface area contributed by atoms with Gasteiger partial charge in [0.15, 0.2) is 5.78 Å². The number of nitrogens with zero attached hydrogens (tertiary/aromatic N) is 1. The van der Waals surface area contributed by atoms with Gasteiger partial charge >= 0.3 is 6.18 Å². The predicted octanol–water partition coefficient (Wildman–Crippen LogP) is 4.83. The zero-order valence-electron chi connectivity index (χ0n) is 16.8. The van der Waals surface area contributed by atoms with Gasteiger partial charge in [0, 0.05) is 42.3 Å². The molecular formula is C23H23F4N3O. The first kappa shape index (κ1) is 21.5. The molecule has 3 N–H and O–H groups in total. The number of nitrogens with one attached hydrogen (secondary N) is 1. The number of benzene rings is 1. The van der Waals surface area contributed by atoms with Crippen LogP contribution in [-0.4, -0.2) is 29.0 Å². The lowest BCUT2D eigenvalue weighted by Gasteiger charge is -2.29. The maximum Gasteiger partial charge on any atom is 0.413 e. The summed E-state index contributed by atoms with van der Waals surface area (Å²) in [7, 11) is 0. The smallest absolute Gasteiger partial charge is 0.381 e. The van der Waals surface area contributed by atoms with Gasteiger partial charge < -0.3 is 11.1 Å². The Bertz CT molecular complexity index is 1010. The van der Waals surface area contributed by atoms with E-state index in [0.717, 1.165) is 31.8 Å². The second-order valence-corrected chi connectivity index (χ2v) is 8.23. The molecule has 0 bridgehead atoms. The molecule has 4 rings (SSSR count). The molecule has 0 unspecified atom stereocenters. The molecule has 0 radical (unpaired) electrons. The highest BCUT2D eigenvalue weighted by Gasteiger charge is 2.38. The highest BCUT2D eigenvalue weighted by molar-refractivity contribution is 6.04. The third-order valence-corrected chi connectivity index (χ3v) is 5.94. The topological polar surface area (TPSA) is 68.0 Å². The van der Waals surface area contributed by atoms with Crippen molar-refractivity contribution in [3.63, 3.8) is 0 Å². The number of Topliss-reactive ketones (excluding diaryl/α,β-unsaturated/α-hetero) is 1. The number of carbonyl (C=O) groups is 1. The van der Waals surface area contributed by atoms with Gasteiger partial charge in [0.05, 0.1) is 16.9 Å². The number of anilines is 1. The number of allylic oxidation sites excluding steroid dienone is 1. The number of alkyl halides is 3. The lowest BCUT2D eigenvalue weighted by molar-refractivity contribution is -0.0918. The maximum absolute atomic E-state index is 13.3. The standard InChI is InChI=1S/C23H23F4N3O/c24-15-3-1-13(2-4-15)9-21(31)19-12-29-20-11-14(23(25,26)27)10-18(20)22(19)30-17-7-5-16(28)6-8-17/h1-4,10,12,16-17H,5-9,11,28H2,(H,29,30). The molecule has 2 aliphatic carbocycles. The number of hydrogen-bond acceptors (Lipinski definition) is 4. The van der Waals surface area contributed by atoms with E-state index in [4.69, 9.17) is 5.73 Å². The zero-order valence-corrected chi connectivity index (χ0v) is 16.8. The Morgan fingerprint density at radius 2 is 1.81 bits per heavy atom. The molecular weight excluding hydrogens is 410 g/mol. The number of ketones is 1. The summed E-state index contributed by atoms with van der Waals surface area (Å²) in [5.41, 5.74) is 7.19. The molecule has 1 saturated carbocycles. The van der Waals surface area contributed by atoms with Crippen molar-refractivity contribution in [2.24, 2.45) is 5.73 Å². The van der Waals surface area contributed by atoms with Gasteiger partial charge in [0.2, 0.25) is 0 Å². The lowest BCUT2D eigenvalue weighted by atomic mass is 9.91. The molecule has 0 amide bonds. The monoisotopic (exact) mass is 433 g/mol. The van der Waals surface area contributed by atoms with Crippen LogP contribution in [-0.2, 0) is 12.8 Å². The number of halogens is 4. The maximum atomic E-state index is 13.3. The number of nitrogens with two attached hydrogens (primary N) is 1. The quantitative estimate of drug-likeness (QED) is 0.524. The van der Waals surface area contributed by atoms with Crippen molar-refractivity contribution < 1.29 is 22.4 Å². The van der Waals surface area contributed by atoms with Crippen LogP contribution >= 0.6 is 0 Å². The number of hydrogen-bond donors (Lipinski definition) is 2. The van der Waals surface area contributed by atoms with Gasteiger partial charge in [-0.25, -0.2) is 4.39 Å². The molecule has 4 nitrogen and oxygen atoms in total. The molecule has 0 spiro atoms. The summed E-state index contributed by atoms with van der Waals surface area (Å²) in [6.07, 6.45) is 0.868. The Morgan fingerprint density at radius 1 is 1.13 bits per heavy atom. The van der Waals surface area contributed by atoms with Crippen LogP contribution in [0.5, 0.6) is 0 Å². The first-order valence-corrected chi connectivity index (χ1v) is 10.3. The number of fused-ring (bicyclic) bond motifs is 1. The largest absolute Gasteiger partial charge is 0.413 e. The molecule has 0 aliphatic heterocycles. The van der Waals surface area contributed by atoms with Gasteiger partial charge in [-0.05, 0) is 49.5 Å². The molecule has 0 saturated heterocycles. The third kappa shape index (κ3) is 4.79. The first-order valence-electron chi connectivity index (χ1n) is 10.3. The Labute approximate surface area is 177 Å². The normalized spacial score (nSPS) is 20.9. The van der Waals surface area contributed by atoms with Crippen LogP contribution in [0.25, 0.3) is 6.08 Å². The second kappa shape index (κ2) is 8.42. The molecule has 1 fully saturated rings. The molecule has 1 heterocycles. The van der Waals surface area contributed by atoms with Crippen molar-refractivity contribution in [1.29, 1.82) is 0 Å². The first-order chi connectivity index (χ1) is 14.7. The van der Waals surface area contributed by atoms with Crippen LogP contribution < -0.4 is 11.1 Å². The number of pyridine rings is 1. The van der Waals surface area contributed by atoms with E-state index in [-0.39, 0.29) is 36.3 Å². The van der Waals surface area contributed by atoms with Crippen molar-refractivity contribution in [2.75, 3.05) is 5.32 Å². The fourth-order valence-corrected chi connectivity index (χ4v) is 4.17. The Hall–Kier alpha value is -2.74. The molecule has 2 aliphatic rings. The van der Waals surface area contributed by atoms with Crippen molar-refractivity contribution in [3.8, 4) is 0 Å². The van der Waals surface area contributed by atoms with Gasteiger partial charge in [-0.1, -0.05) is 12.1 Å². The number of rotatable bonds is 5. The van der Waals surface area contributed by atoms with E-state index in [2.05, 4.69) is 10.3 Å². The predicted molar refractivity (Wildman–Crippen MR) is 110 cm³/mol. The van der Waals surface area contributed by atoms with Crippen molar-refractivity contribution in [1.82, 2.24) is 4.98 Å². The average molecular weight is 433 g/mol. The van der Waals surface area contributed by atoms with Crippen LogP contribution in [0.2, 0.25) is 0 Å².